The first-order chi connectivity index (χ1) is 9.45. The molecule has 0 aliphatic heterocycles. The van der Waals surface area contributed by atoms with E-state index in [1.165, 1.54) is 10.8 Å². The van der Waals surface area contributed by atoms with E-state index in [1.807, 2.05) is 6.07 Å². The molecule has 0 atom stereocenters. The molecule has 2 aromatic rings. The van der Waals surface area contributed by atoms with Gasteiger partial charge in [-0.05, 0) is 18.1 Å². The summed E-state index contributed by atoms with van der Waals surface area (Å²) in [6, 6.07) is 7.15. The molecule has 0 bridgehead atoms. The molecule has 0 saturated heterocycles. The number of benzene rings is 1. The maximum atomic E-state index is 12.3. The van der Waals surface area contributed by atoms with Gasteiger partial charge in [0.25, 0.3) is 0 Å². The van der Waals surface area contributed by atoms with Crippen LogP contribution in [0.25, 0.3) is 0 Å². The van der Waals surface area contributed by atoms with E-state index < -0.39 is 9.84 Å². The predicted octanol–water partition coefficient (Wildman–Crippen LogP) is 1.58. The topological polar surface area (TPSA) is 72.2 Å². The van der Waals surface area contributed by atoms with Crippen molar-refractivity contribution >= 4 is 21.4 Å². The fourth-order valence-corrected chi connectivity index (χ4v) is 3.55. The molecule has 108 valence electrons. The number of hydrogen-bond donors (Lipinski definition) is 1. The Hall–Kier alpha value is -1.37. The molecule has 1 N–H and O–H groups in total. The van der Waals surface area contributed by atoms with Crippen molar-refractivity contribution < 1.29 is 13.5 Å². The molecule has 1 heterocycles. The zero-order valence-electron chi connectivity index (χ0n) is 11.0. The van der Waals surface area contributed by atoms with E-state index in [4.69, 9.17) is 16.7 Å². The Labute approximate surface area is 122 Å². The van der Waals surface area contributed by atoms with Gasteiger partial charge in [-0.25, -0.2) is 13.4 Å². The van der Waals surface area contributed by atoms with Gasteiger partial charge < -0.3 is 9.67 Å². The van der Waals surface area contributed by atoms with Crippen molar-refractivity contribution in [3.63, 3.8) is 0 Å². The van der Waals surface area contributed by atoms with Crippen molar-refractivity contribution in [2.24, 2.45) is 7.05 Å². The molecule has 20 heavy (non-hydrogen) atoms. The third kappa shape index (κ3) is 3.03. The van der Waals surface area contributed by atoms with Gasteiger partial charge in [0.05, 0.1) is 24.3 Å². The molecule has 0 fully saturated rings. The van der Waals surface area contributed by atoms with Crippen molar-refractivity contribution in [2.75, 3.05) is 5.75 Å². The summed E-state index contributed by atoms with van der Waals surface area (Å²) in [5.41, 5.74) is 1.25. The highest BCUT2D eigenvalue weighted by molar-refractivity contribution is 7.91. The fourth-order valence-electron chi connectivity index (χ4n) is 1.90. The number of hydrogen-bond acceptors (Lipinski definition) is 4. The molecule has 0 aliphatic rings. The normalized spacial score (nSPS) is 11.8. The van der Waals surface area contributed by atoms with Gasteiger partial charge in [-0.3, -0.25) is 0 Å². The number of aliphatic hydroxyl groups is 1. The van der Waals surface area contributed by atoms with E-state index in [9.17, 15) is 8.42 Å². The molecule has 0 amide bonds. The van der Waals surface area contributed by atoms with E-state index in [0.29, 0.717) is 17.1 Å². The summed E-state index contributed by atoms with van der Waals surface area (Å²) in [7, 11) is -1.94. The summed E-state index contributed by atoms with van der Waals surface area (Å²) in [6.45, 7) is -0.246. The molecule has 0 saturated carbocycles. The Bertz CT molecular complexity index is 710. The molecular formula is C13H15ClN2O3S. The van der Waals surface area contributed by atoms with E-state index in [-0.39, 0.29) is 17.5 Å². The third-order valence-corrected chi connectivity index (χ3v) is 5.13. The summed E-state index contributed by atoms with van der Waals surface area (Å²) >= 11 is 6.01. The maximum absolute atomic E-state index is 12.3. The lowest BCUT2D eigenvalue weighted by Crippen LogP contribution is -2.15. The molecule has 0 unspecified atom stereocenters. The third-order valence-electron chi connectivity index (χ3n) is 3.08. The average molecular weight is 315 g/mol. The second kappa shape index (κ2) is 5.95. The van der Waals surface area contributed by atoms with Gasteiger partial charge >= 0.3 is 0 Å². The van der Waals surface area contributed by atoms with Crippen molar-refractivity contribution in [3.05, 3.63) is 46.7 Å². The van der Waals surface area contributed by atoms with Crippen LogP contribution in [0.2, 0.25) is 5.02 Å². The molecule has 7 heteroatoms. The zero-order chi connectivity index (χ0) is 14.8. The van der Waals surface area contributed by atoms with Crippen molar-refractivity contribution in [1.29, 1.82) is 0 Å². The number of halogens is 1. The number of imidazole rings is 1. The van der Waals surface area contributed by atoms with Gasteiger partial charge in [0.2, 0.25) is 15.0 Å². The number of rotatable bonds is 5. The Morgan fingerprint density at radius 3 is 2.65 bits per heavy atom. The van der Waals surface area contributed by atoms with Crippen molar-refractivity contribution in [2.45, 2.75) is 18.2 Å². The van der Waals surface area contributed by atoms with Crippen LogP contribution in [-0.2, 0) is 29.9 Å². The first-order valence-corrected chi connectivity index (χ1v) is 8.06. The number of aliphatic hydroxyl groups excluding tert-OH is 1. The van der Waals surface area contributed by atoms with E-state index in [2.05, 4.69) is 4.98 Å². The highest BCUT2D eigenvalue weighted by Crippen LogP contribution is 2.18. The Morgan fingerprint density at radius 1 is 1.35 bits per heavy atom. The largest absolute Gasteiger partial charge is 0.390 e. The molecule has 0 spiro atoms. The van der Waals surface area contributed by atoms with Crippen LogP contribution >= 0.6 is 11.6 Å². The highest BCUT2D eigenvalue weighted by Gasteiger charge is 2.21. The second-order valence-electron chi connectivity index (χ2n) is 4.41. The summed E-state index contributed by atoms with van der Waals surface area (Å²) in [5, 5.41) is 9.59. The van der Waals surface area contributed by atoms with Crippen LogP contribution in [-0.4, -0.2) is 28.8 Å². The Morgan fingerprint density at radius 2 is 2.05 bits per heavy atom. The first kappa shape index (κ1) is 15.0. The molecule has 2 rings (SSSR count). The molecule has 1 aromatic carbocycles. The van der Waals surface area contributed by atoms with E-state index in [1.54, 1.807) is 25.2 Å². The van der Waals surface area contributed by atoms with Gasteiger partial charge in [-0.2, -0.15) is 0 Å². The van der Waals surface area contributed by atoms with Crippen molar-refractivity contribution in [1.82, 2.24) is 9.55 Å². The van der Waals surface area contributed by atoms with Crippen molar-refractivity contribution in [3.8, 4) is 0 Å². The molecule has 1 aromatic heterocycles. The van der Waals surface area contributed by atoms with Crippen LogP contribution in [0.3, 0.4) is 0 Å². The average Bonchev–Trinajstić information content (AvgIpc) is 2.79. The van der Waals surface area contributed by atoms with Crippen LogP contribution in [0.1, 0.15) is 11.3 Å². The highest BCUT2D eigenvalue weighted by atomic mass is 35.5. The van der Waals surface area contributed by atoms with E-state index >= 15 is 0 Å². The van der Waals surface area contributed by atoms with Gasteiger partial charge in [0, 0.05) is 12.1 Å². The standard InChI is InChI=1S/C13H15ClN2O3S/c1-16-11(9-17)8-15-13(16)20(18,19)7-6-10-4-2-3-5-12(10)14/h2-5,8,17H,6-7,9H2,1H3. The lowest BCUT2D eigenvalue weighted by Gasteiger charge is -2.07. The van der Waals surface area contributed by atoms with Crippen LogP contribution in [0, 0.1) is 0 Å². The summed E-state index contributed by atoms with van der Waals surface area (Å²) in [5.74, 6) is -0.0769. The molecular weight excluding hydrogens is 300 g/mol. The Balaban J connectivity index is 2.20. The summed E-state index contributed by atoms with van der Waals surface area (Å²) in [4.78, 5) is 3.87. The smallest absolute Gasteiger partial charge is 0.227 e. The lowest BCUT2D eigenvalue weighted by molar-refractivity contribution is 0.271. The Kier molecular flexibility index (Phi) is 4.47. The number of aryl methyl sites for hydroxylation is 1. The van der Waals surface area contributed by atoms with E-state index in [0.717, 1.165) is 5.56 Å². The quantitative estimate of drug-likeness (QED) is 0.909. The monoisotopic (exact) mass is 314 g/mol. The van der Waals surface area contributed by atoms with Crippen LogP contribution < -0.4 is 0 Å². The van der Waals surface area contributed by atoms with Crippen LogP contribution in [0.15, 0.2) is 35.6 Å². The summed E-state index contributed by atoms with van der Waals surface area (Å²) < 4.78 is 25.9. The summed E-state index contributed by atoms with van der Waals surface area (Å²) in [6.07, 6.45) is 1.69. The lowest BCUT2D eigenvalue weighted by atomic mass is 10.2. The van der Waals surface area contributed by atoms with Gasteiger partial charge in [0.15, 0.2) is 0 Å². The minimum Gasteiger partial charge on any atom is -0.390 e. The zero-order valence-corrected chi connectivity index (χ0v) is 12.5. The maximum Gasteiger partial charge on any atom is 0.227 e. The molecule has 0 radical (unpaired) electrons. The molecule has 0 aliphatic carbocycles. The number of sulfone groups is 1. The van der Waals surface area contributed by atoms with Gasteiger partial charge in [0.1, 0.15) is 0 Å². The minimum atomic E-state index is -3.51. The van der Waals surface area contributed by atoms with Gasteiger partial charge in [-0.15, -0.1) is 0 Å². The van der Waals surface area contributed by atoms with Crippen LogP contribution in [0.5, 0.6) is 0 Å². The fraction of sp³-hybridized carbons (Fsp3) is 0.308. The predicted molar refractivity (Wildman–Crippen MR) is 76.3 cm³/mol. The SMILES string of the molecule is Cn1c(CO)cnc1S(=O)(=O)CCc1ccccc1Cl. The van der Waals surface area contributed by atoms with Gasteiger partial charge in [-0.1, -0.05) is 29.8 Å². The van der Waals surface area contributed by atoms with Crippen LogP contribution in [0.4, 0.5) is 0 Å². The number of nitrogens with zero attached hydrogens (tertiary/aromatic N) is 2. The molecule has 5 nitrogen and oxygen atoms in total. The number of aromatic nitrogens is 2. The first-order valence-electron chi connectivity index (χ1n) is 6.03. The second-order valence-corrected chi connectivity index (χ2v) is 6.82. The minimum absolute atomic E-state index is 0.0337.